The van der Waals surface area contributed by atoms with Gasteiger partial charge in [-0.3, -0.25) is 14.5 Å². The highest BCUT2D eigenvalue weighted by atomic mass is 16.4. The predicted molar refractivity (Wildman–Crippen MR) is 188 cm³/mol. The second-order valence-corrected chi connectivity index (χ2v) is 14.1. The Hall–Kier alpha value is -4.93. The Labute approximate surface area is 287 Å². The number of carboxylic acid groups (broad SMARTS) is 1. The van der Waals surface area contributed by atoms with Crippen molar-refractivity contribution in [1.82, 2.24) is 34.6 Å². The Morgan fingerprint density at radius 3 is 1.67 bits per heavy atom. The topological polar surface area (TPSA) is 139 Å². The van der Waals surface area contributed by atoms with Gasteiger partial charge in [-0.15, -0.1) is 0 Å². The summed E-state index contributed by atoms with van der Waals surface area (Å²) in [5, 5.41) is 9.55. The zero-order valence-electron chi connectivity index (χ0n) is 29.0. The molecule has 0 saturated carbocycles. The molecule has 2 aliphatic heterocycles. The van der Waals surface area contributed by atoms with Crippen LogP contribution in [0.4, 0.5) is 4.79 Å². The van der Waals surface area contributed by atoms with Gasteiger partial charge in [-0.2, -0.15) is 0 Å². The SMILES string of the molecule is CC(C)CC(=O)N1CCC[C@H]1c1ncc(-c2ccc(-c3ccc(-c4cnc([C@@H]5CCCN5C(=O)[C@H](C(C)C)N(C)C(=O)O)[nH]4)cc3)cc2)[nH]1. The smallest absolute Gasteiger partial charge is 0.407 e. The number of carbonyl (C=O) groups excluding carboxylic acids is 2. The molecule has 2 fully saturated rings. The highest BCUT2D eigenvalue weighted by Gasteiger charge is 2.39. The lowest BCUT2D eigenvalue weighted by atomic mass is 10.0. The highest BCUT2D eigenvalue weighted by molar-refractivity contribution is 5.86. The van der Waals surface area contributed by atoms with Crippen molar-refractivity contribution < 1.29 is 19.5 Å². The van der Waals surface area contributed by atoms with Crippen LogP contribution in [0.5, 0.6) is 0 Å². The molecule has 258 valence electrons. The number of carbonyl (C=O) groups is 3. The van der Waals surface area contributed by atoms with E-state index in [0.717, 1.165) is 76.6 Å². The normalized spacial score (nSPS) is 18.4. The van der Waals surface area contributed by atoms with E-state index >= 15 is 0 Å². The fourth-order valence-electron chi connectivity index (χ4n) is 7.31. The van der Waals surface area contributed by atoms with Crippen LogP contribution in [0.25, 0.3) is 33.6 Å². The summed E-state index contributed by atoms with van der Waals surface area (Å²) < 4.78 is 0. The number of nitrogens with zero attached hydrogens (tertiary/aromatic N) is 5. The highest BCUT2D eigenvalue weighted by Crippen LogP contribution is 2.35. The van der Waals surface area contributed by atoms with Gasteiger partial charge in [0.25, 0.3) is 0 Å². The average Bonchev–Trinajstić information content (AvgIpc) is 3.90. The van der Waals surface area contributed by atoms with E-state index in [0.29, 0.717) is 24.7 Å². The van der Waals surface area contributed by atoms with Gasteiger partial charge in [0.1, 0.15) is 17.7 Å². The second kappa shape index (κ2) is 14.3. The first-order valence-corrected chi connectivity index (χ1v) is 17.4. The number of amides is 3. The standard InChI is InChI=1S/C38H47N7O4/c1-23(2)20-33(46)44-18-6-8-31(44)35-39-21-29(41-35)27-14-10-25(11-15-27)26-12-16-28(17-13-26)30-22-40-36(42-30)32-9-7-19-45(32)37(47)34(24(3)4)43(5)38(48)49/h10-17,21-24,31-32,34H,6-9,18-20H2,1-5H3,(H,39,41)(H,40,42)(H,48,49)/t31-,32-,34-/m0/s1. The van der Waals surface area contributed by atoms with Gasteiger partial charge in [-0.25, -0.2) is 14.8 Å². The maximum atomic E-state index is 13.5. The lowest BCUT2D eigenvalue weighted by Crippen LogP contribution is -2.51. The summed E-state index contributed by atoms with van der Waals surface area (Å²) in [5.41, 5.74) is 6.00. The number of H-pyrrole nitrogens is 2. The number of hydrogen-bond acceptors (Lipinski definition) is 5. The van der Waals surface area contributed by atoms with Gasteiger partial charge >= 0.3 is 6.09 Å². The maximum absolute atomic E-state index is 13.5. The van der Waals surface area contributed by atoms with Crippen LogP contribution in [-0.4, -0.2) is 83.8 Å². The Morgan fingerprint density at radius 2 is 1.22 bits per heavy atom. The third-order valence-corrected chi connectivity index (χ3v) is 9.84. The van der Waals surface area contributed by atoms with Gasteiger partial charge in [0.2, 0.25) is 11.8 Å². The largest absolute Gasteiger partial charge is 0.465 e. The van der Waals surface area contributed by atoms with E-state index in [1.807, 2.05) is 24.9 Å². The molecule has 0 aliphatic carbocycles. The predicted octanol–water partition coefficient (Wildman–Crippen LogP) is 7.14. The third-order valence-electron chi connectivity index (χ3n) is 9.84. The fourth-order valence-corrected chi connectivity index (χ4v) is 7.31. The molecule has 4 heterocycles. The van der Waals surface area contributed by atoms with Crippen molar-refractivity contribution in [2.75, 3.05) is 20.1 Å². The molecule has 0 spiro atoms. The lowest BCUT2D eigenvalue weighted by molar-refractivity contribution is -0.138. The third kappa shape index (κ3) is 7.11. The van der Waals surface area contributed by atoms with E-state index in [9.17, 15) is 19.5 Å². The number of imidazole rings is 2. The molecule has 6 rings (SSSR count). The molecule has 11 nitrogen and oxygen atoms in total. The Balaban J connectivity index is 1.12. The Kier molecular flexibility index (Phi) is 9.89. The number of likely N-dealkylation sites (N-methyl/N-ethyl adjacent to an activating group) is 1. The summed E-state index contributed by atoms with van der Waals surface area (Å²) >= 11 is 0. The summed E-state index contributed by atoms with van der Waals surface area (Å²) in [4.78, 5) is 59.1. The van der Waals surface area contributed by atoms with E-state index in [2.05, 4.69) is 82.3 Å². The molecule has 3 N–H and O–H groups in total. The zero-order valence-corrected chi connectivity index (χ0v) is 29.0. The van der Waals surface area contributed by atoms with Gasteiger partial charge in [-0.1, -0.05) is 76.2 Å². The van der Waals surface area contributed by atoms with Crippen LogP contribution in [0.2, 0.25) is 0 Å². The molecule has 0 bridgehead atoms. The summed E-state index contributed by atoms with van der Waals surface area (Å²) in [6.45, 7) is 9.25. The van der Waals surface area contributed by atoms with Gasteiger partial charge in [0, 0.05) is 26.6 Å². The van der Waals surface area contributed by atoms with Crippen LogP contribution in [0.1, 0.15) is 83.5 Å². The molecule has 49 heavy (non-hydrogen) atoms. The molecule has 11 heteroatoms. The summed E-state index contributed by atoms with van der Waals surface area (Å²) in [5.74, 6) is 1.76. The summed E-state index contributed by atoms with van der Waals surface area (Å²) in [6, 6.07) is 15.7. The number of benzene rings is 2. The first kappa shape index (κ1) is 34.0. The van der Waals surface area contributed by atoms with Gasteiger partial charge in [0.15, 0.2) is 0 Å². The number of aromatic nitrogens is 4. The average molecular weight is 666 g/mol. The van der Waals surface area contributed by atoms with Crippen molar-refractivity contribution in [3.63, 3.8) is 0 Å². The molecule has 3 amide bonds. The monoisotopic (exact) mass is 665 g/mol. The zero-order chi connectivity index (χ0) is 34.8. The number of hydrogen-bond donors (Lipinski definition) is 3. The summed E-state index contributed by atoms with van der Waals surface area (Å²) in [6.07, 6.45) is 6.63. The fraction of sp³-hybridized carbons (Fsp3) is 0.447. The number of rotatable bonds is 10. The molecular weight excluding hydrogens is 618 g/mol. The van der Waals surface area contributed by atoms with Gasteiger partial charge in [-0.05, 0) is 59.8 Å². The number of likely N-dealkylation sites (tertiary alicyclic amines) is 2. The van der Waals surface area contributed by atoms with Gasteiger partial charge in [0.05, 0.1) is 35.9 Å². The van der Waals surface area contributed by atoms with Crippen molar-refractivity contribution in [1.29, 1.82) is 0 Å². The Bertz CT molecular complexity index is 1780. The quantitative estimate of drug-likeness (QED) is 0.165. The van der Waals surface area contributed by atoms with Crippen LogP contribution in [-0.2, 0) is 9.59 Å². The van der Waals surface area contributed by atoms with Crippen molar-refractivity contribution in [3.8, 4) is 33.6 Å². The van der Waals surface area contributed by atoms with E-state index < -0.39 is 12.1 Å². The first-order valence-electron chi connectivity index (χ1n) is 17.4. The summed E-state index contributed by atoms with van der Waals surface area (Å²) in [7, 11) is 1.46. The van der Waals surface area contributed by atoms with Crippen LogP contribution < -0.4 is 0 Å². The van der Waals surface area contributed by atoms with Crippen molar-refractivity contribution in [3.05, 3.63) is 72.6 Å². The Morgan fingerprint density at radius 1 is 0.776 bits per heavy atom. The van der Waals surface area contributed by atoms with Crippen LogP contribution in [0, 0.1) is 11.8 Å². The van der Waals surface area contributed by atoms with Crippen LogP contribution >= 0.6 is 0 Å². The first-order chi connectivity index (χ1) is 23.5. The van der Waals surface area contributed by atoms with Crippen molar-refractivity contribution in [2.24, 2.45) is 11.8 Å². The molecule has 0 unspecified atom stereocenters. The van der Waals surface area contributed by atoms with E-state index in [4.69, 9.17) is 0 Å². The molecule has 3 atom stereocenters. The second-order valence-electron chi connectivity index (χ2n) is 14.1. The molecule has 2 aromatic carbocycles. The minimum Gasteiger partial charge on any atom is -0.465 e. The van der Waals surface area contributed by atoms with Crippen LogP contribution in [0.15, 0.2) is 60.9 Å². The molecule has 4 aromatic rings. The van der Waals surface area contributed by atoms with Gasteiger partial charge < -0.3 is 24.9 Å². The maximum Gasteiger partial charge on any atom is 0.407 e. The van der Waals surface area contributed by atoms with E-state index in [1.165, 1.54) is 7.05 Å². The lowest BCUT2D eigenvalue weighted by Gasteiger charge is -2.33. The minimum absolute atomic E-state index is 0.00592. The molecule has 2 aromatic heterocycles. The number of aromatic amines is 2. The number of nitrogens with one attached hydrogen (secondary N) is 2. The molecule has 2 saturated heterocycles. The van der Waals surface area contributed by atoms with E-state index in [1.54, 1.807) is 11.1 Å². The van der Waals surface area contributed by atoms with Crippen molar-refractivity contribution in [2.45, 2.75) is 77.9 Å². The van der Waals surface area contributed by atoms with Crippen LogP contribution in [0.3, 0.4) is 0 Å². The van der Waals surface area contributed by atoms with E-state index in [-0.39, 0.29) is 29.8 Å². The van der Waals surface area contributed by atoms with Crippen molar-refractivity contribution >= 4 is 17.9 Å². The molecule has 0 radical (unpaired) electrons. The minimum atomic E-state index is -1.11. The molecular formula is C38H47N7O4. The molecule has 2 aliphatic rings.